The number of methoxy groups -OCH3 is 3. The van der Waals surface area contributed by atoms with Crippen LogP contribution in [0, 0.1) is 6.92 Å². The molecular formula is C42H35N7O13S3. The van der Waals surface area contributed by atoms with Crippen molar-refractivity contribution in [2.24, 2.45) is 30.7 Å². The Labute approximate surface area is 370 Å². The normalized spacial score (nSPS) is 12.5. The summed E-state index contributed by atoms with van der Waals surface area (Å²) in [5.74, 6) is 0.145. The Bertz CT molecular complexity index is 3480. The van der Waals surface area contributed by atoms with Gasteiger partial charge in [0.05, 0.1) is 48.2 Å². The highest BCUT2D eigenvalue weighted by Crippen LogP contribution is 2.46. The summed E-state index contributed by atoms with van der Waals surface area (Å²) < 4.78 is 118. The van der Waals surface area contributed by atoms with Crippen LogP contribution in [-0.2, 0) is 30.4 Å². The van der Waals surface area contributed by atoms with Crippen molar-refractivity contribution < 1.29 is 58.2 Å². The Morgan fingerprint density at radius 1 is 0.477 bits per heavy atom. The number of anilines is 2. The van der Waals surface area contributed by atoms with Crippen LogP contribution < -0.4 is 19.5 Å². The SMILES string of the molecule is COc1ccc(Nc2ccc3c(O)c(N=Nc4cc(OC)c(N=Nc5ccc(N=Nc6ccc(S(=O)(=O)O)cc6C)c6ccc(S(=O)(=O)O)cc56)cc4OC)c(S(=O)(=O)O)cc3c2)cc1. The van der Waals surface area contributed by atoms with Crippen molar-refractivity contribution in [3.63, 3.8) is 0 Å². The number of nitrogens with zero attached hydrogens (tertiary/aromatic N) is 6. The second kappa shape index (κ2) is 18.0. The number of benzene rings is 7. The van der Waals surface area contributed by atoms with Crippen LogP contribution in [0.3, 0.4) is 0 Å². The fourth-order valence-electron chi connectivity index (χ4n) is 6.44. The minimum Gasteiger partial charge on any atom is -0.505 e. The van der Waals surface area contributed by atoms with Gasteiger partial charge in [0.1, 0.15) is 39.2 Å². The van der Waals surface area contributed by atoms with Gasteiger partial charge in [0, 0.05) is 39.7 Å². The number of ether oxygens (including phenoxy) is 3. The third kappa shape index (κ3) is 10.0. The predicted octanol–water partition coefficient (Wildman–Crippen LogP) is 10.8. The molecule has 7 aromatic rings. The van der Waals surface area contributed by atoms with Gasteiger partial charge in [-0.2, -0.15) is 30.4 Å². The molecule has 0 heterocycles. The lowest BCUT2D eigenvalue weighted by Crippen LogP contribution is -1.99. The highest BCUT2D eigenvalue weighted by atomic mass is 32.2. The molecule has 0 radical (unpaired) electrons. The Morgan fingerprint density at radius 3 is 1.55 bits per heavy atom. The Morgan fingerprint density at radius 2 is 0.985 bits per heavy atom. The molecular weight excluding hydrogens is 907 g/mol. The van der Waals surface area contributed by atoms with Crippen molar-refractivity contribution >= 4 is 97.4 Å². The molecule has 7 rings (SSSR count). The van der Waals surface area contributed by atoms with Crippen LogP contribution in [0.25, 0.3) is 21.5 Å². The molecule has 20 nitrogen and oxygen atoms in total. The molecule has 0 aliphatic heterocycles. The number of azo groups is 3. The van der Waals surface area contributed by atoms with E-state index in [9.17, 15) is 44.0 Å². The average molecular weight is 942 g/mol. The number of rotatable bonds is 14. The number of hydrogen-bond acceptors (Lipinski definition) is 17. The zero-order valence-electron chi connectivity index (χ0n) is 34.3. The molecule has 0 spiro atoms. The Kier molecular flexibility index (Phi) is 12.6. The summed E-state index contributed by atoms with van der Waals surface area (Å²) in [4.78, 5) is -1.52. The van der Waals surface area contributed by atoms with Gasteiger partial charge in [-0.3, -0.25) is 13.7 Å². The molecule has 5 N–H and O–H groups in total. The molecule has 7 aromatic carbocycles. The van der Waals surface area contributed by atoms with Crippen LogP contribution in [0.1, 0.15) is 5.56 Å². The van der Waals surface area contributed by atoms with Crippen molar-refractivity contribution in [2.75, 3.05) is 26.6 Å². The number of phenolic OH excluding ortho intramolecular Hbond substituents is 1. The van der Waals surface area contributed by atoms with E-state index in [2.05, 4.69) is 36.0 Å². The standard InChI is InChI=1S/C42H35N7O13S3/c1-23-17-28(63(51,52)53)11-14-33(23)44-45-34-15-16-35(32-20-29(64(54,55)56)10-13-31(32)34)46-47-36-21-39(62-4)37(22-38(36)61-3)48-49-41-40(65(57,58)59)19-24-18-26(7-12-30(24)42(41)50)43-25-5-8-27(60-2)9-6-25/h5-22,43,50H,1-4H3,(H,51,52,53)(H,54,55,56)(H,57,58,59). The van der Waals surface area contributed by atoms with Gasteiger partial charge >= 0.3 is 0 Å². The zero-order valence-corrected chi connectivity index (χ0v) is 36.7. The molecule has 0 unspecified atom stereocenters. The van der Waals surface area contributed by atoms with Crippen molar-refractivity contribution in [3.8, 4) is 23.0 Å². The second-order valence-electron chi connectivity index (χ2n) is 13.8. The smallest absolute Gasteiger partial charge is 0.296 e. The van der Waals surface area contributed by atoms with Crippen LogP contribution in [-0.4, -0.2) is 65.3 Å². The van der Waals surface area contributed by atoms with Gasteiger partial charge in [-0.05, 0) is 109 Å². The summed E-state index contributed by atoms with van der Waals surface area (Å²) in [5, 5.41) is 40.7. The molecule has 65 heavy (non-hydrogen) atoms. The summed E-state index contributed by atoms with van der Waals surface area (Å²) in [6, 6.07) is 26.0. The molecule has 0 aromatic heterocycles. The number of fused-ring (bicyclic) bond motifs is 2. The maximum atomic E-state index is 12.6. The Balaban J connectivity index is 1.23. The largest absolute Gasteiger partial charge is 0.505 e. The van der Waals surface area contributed by atoms with Gasteiger partial charge < -0.3 is 24.6 Å². The average Bonchev–Trinajstić information content (AvgIpc) is 3.26. The van der Waals surface area contributed by atoms with Crippen molar-refractivity contribution in [1.29, 1.82) is 0 Å². The maximum Gasteiger partial charge on any atom is 0.296 e. The van der Waals surface area contributed by atoms with Crippen molar-refractivity contribution in [2.45, 2.75) is 21.6 Å². The van der Waals surface area contributed by atoms with Crippen LogP contribution in [0.4, 0.5) is 45.5 Å². The van der Waals surface area contributed by atoms with Gasteiger partial charge in [-0.15, -0.1) is 25.6 Å². The van der Waals surface area contributed by atoms with Gasteiger partial charge in [0.2, 0.25) is 0 Å². The first-order valence-corrected chi connectivity index (χ1v) is 22.9. The number of phenols is 1. The van der Waals surface area contributed by atoms with E-state index >= 15 is 0 Å². The lowest BCUT2D eigenvalue weighted by Gasteiger charge is -2.12. The number of nitrogens with one attached hydrogen (secondary N) is 1. The summed E-state index contributed by atoms with van der Waals surface area (Å²) in [6.45, 7) is 1.57. The molecule has 23 heteroatoms. The van der Waals surface area contributed by atoms with E-state index < -0.39 is 51.6 Å². The van der Waals surface area contributed by atoms with Gasteiger partial charge in [-0.1, -0.05) is 6.07 Å². The minimum absolute atomic E-state index is 0.0241. The number of aromatic hydroxyl groups is 1. The van der Waals surface area contributed by atoms with Gasteiger partial charge in [0.25, 0.3) is 30.4 Å². The third-order valence-electron chi connectivity index (χ3n) is 9.68. The van der Waals surface area contributed by atoms with E-state index in [1.54, 1.807) is 50.4 Å². The first kappa shape index (κ1) is 45.6. The predicted molar refractivity (Wildman–Crippen MR) is 239 cm³/mol. The first-order valence-electron chi connectivity index (χ1n) is 18.6. The minimum atomic E-state index is -4.97. The molecule has 0 aliphatic carbocycles. The van der Waals surface area contributed by atoms with E-state index in [1.165, 1.54) is 62.8 Å². The topological polar surface area (TPSA) is 297 Å². The summed E-state index contributed by atoms with van der Waals surface area (Å²) in [6.07, 6.45) is 0. The van der Waals surface area contributed by atoms with E-state index in [0.29, 0.717) is 28.1 Å². The molecule has 0 amide bonds. The fraction of sp³-hybridized carbons (Fsp3) is 0.0952. The first-order chi connectivity index (χ1) is 30.8. The summed E-state index contributed by atoms with van der Waals surface area (Å²) in [5.41, 5.74) is 1.72. The second-order valence-corrected chi connectivity index (χ2v) is 18.1. The van der Waals surface area contributed by atoms with Crippen molar-refractivity contribution in [3.05, 3.63) is 115 Å². The molecule has 0 aliphatic rings. The number of aryl methyl sites for hydroxylation is 1. The quantitative estimate of drug-likeness (QED) is 0.0500. The van der Waals surface area contributed by atoms with E-state index in [-0.39, 0.29) is 61.0 Å². The molecule has 0 fully saturated rings. The lowest BCUT2D eigenvalue weighted by molar-refractivity contribution is 0.405. The van der Waals surface area contributed by atoms with Crippen molar-refractivity contribution in [1.82, 2.24) is 0 Å². The molecule has 334 valence electrons. The maximum absolute atomic E-state index is 12.6. The third-order valence-corrected chi connectivity index (χ3v) is 12.2. The molecule has 0 saturated carbocycles. The van der Waals surface area contributed by atoms with Gasteiger partial charge in [-0.25, -0.2) is 0 Å². The van der Waals surface area contributed by atoms with E-state index in [1.807, 2.05) is 0 Å². The fourth-order valence-corrected chi connectivity index (χ4v) is 8.17. The lowest BCUT2D eigenvalue weighted by atomic mass is 10.1. The molecule has 0 atom stereocenters. The Hall–Kier alpha value is -7.41. The van der Waals surface area contributed by atoms with E-state index in [4.69, 9.17) is 14.2 Å². The molecule has 0 bridgehead atoms. The van der Waals surface area contributed by atoms with Gasteiger partial charge in [0.15, 0.2) is 5.75 Å². The van der Waals surface area contributed by atoms with E-state index in [0.717, 1.165) is 24.3 Å². The number of hydrogen-bond donors (Lipinski definition) is 5. The molecule has 0 saturated heterocycles. The van der Waals surface area contributed by atoms with Crippen LogP contribution in [0.15, 0.2) is 155 Å². The summed E-state index contributed by atoms with van der Waals surface area (Å²) >= 11 is 0. The highest BCUT2D eigenvalue weighted by Gasteiger charge is 2.23. The summed E-state index contributed by atoms with van der Waals surface area (Å²) in [7, 11) is -9.94. The highest BCUT2D eigenvalue weighted by molar-refractivity contribution is 7.86. The van der Waals surface area contributed by atoms with Crippen LogP contribution in [0.2, 0.25) is 0 Å². The zero-order chi connectivity index (χ0) is 46.8. The van der Waals surface area contributed by atoms with Crippen LogP contribution >= 0.6 is 0 Å². The van der Waals surface area contributed by atoms with Crippen LogP contribution in [0.5, 0.6) is 23.0 Å². The monoisotopic (exact) mass is 941 g/mol.